The van der Waals surface area contributed by atoms with Crippen LogP contribution in [0, 0.1) is 0 Å². The number of rotatable bonds is 7. The first-order valence-electron chi connectivity index (χ1n) is 9.18. The Hall–Kier alpha value is -2.86. The molecule has 0 spiro atoms. The number of anilines is 2. The van der Waals surface area contributed by atoms with Crippen LogP contribution in [0.4, 0.5) is 11.4 Å². The van der Waals surface area contributed by atoms with Gasteiger partial charge in [-0.2, -0.15) is 0 Å². The molecule has 142 valence electrons. The Morgan fingerprint density at radius 1 is 1.15 bits per heavy atom. The van der Waals surface area contributed by atoms with Gasteiger partial charge in [-0.3, -0.25) is 9.59 Å². The number of hydrogen-bond acceptors (Lipinski definition) is 4. The summed E-state index contributed by atoms with van der Waals surface area (Å²) in [7, 11) is 1.86. The quantitative estimate of drug-likeness (QED) is 0.789. The number of benzene rings is 2. The Labute approximate surface area is 159 Å². The summed E-state index contributed by atoms with van der Waals surface area (Å²) in [5.41, 5.74) is 2.09. The highest BCUT2D eigenvalue weighted by Gasteiger charge is 2.17. The van der Waals surface area contributed by atoms with Gasteiger partial charge in [0.15, 0.2) is 0 Å². The third-order valence-corrected chi connectivity index (χ3v) is 4.50. The maximum absolute atomic E-state index is 12.3. The monoisotopic (exact) mass is 367 g/mol. The molecule has 1 aliphatic rings. The highest BCUT2D eigenvalue weighted by Crippen LogP contribution is 2.14. The van der Waals surface area contributed by atoms with Crippen molar-refractivity contribution in [3.63, 3.8) is 0 Å². The summed E-state index contributed by atoms with van der Waals surface area (Å²) in [6, 6.07) is 16.7. The van der Waals surface area contributed by atoms with Gasteiger partial charge in [0.1, 0.15) is 0 Å². The molecule has 0 aliphatic carbocycles. The molecule has 0 saturated carbocycles. The highest BCUT2D eigenvalue weighted by molar-refractivity contribution is 5.98. The number of carbonyl (C=O) groups excluding carboxylic acids is 2. The largest absolute Gasteiger partial charge is 0.376 e. The first-order valence-corrected chi connectivity index (χ1v) is 9.18. The van der Waals surface area contributed by atoms with E-state index < -0.39 is 0 Å². The maximum atomic E-state index is 12.3. The van der Waals surface area contributed by atoms with Crippen LogP contribution in [0.15, 0.2) is 54.6 Å². The van der Waals surface area contributed by atoms with Gasteiger partial charge in [0.2, 0.25) is 5.91 Å². The van der Waals surface area contributed by atoms with Crippen molar-refractivity contribution in [2.75, 3.05) is 37.0 Å². The van der Waals surface area contributed by atoms with E-state index in [1.54, 1.807) is 24.3 Å². The van der Waals surface area contributed by atoms with E-state index >= 15 is 0 Å². The lowest BCUT2D eigenvalue weighted by Crippen LogP contribution is -2.32. The number of carbonyl (C=O) groups is 2. The maximum Gasteiger partial charge on any atom is 0.251 e. The molecule has 6 heteroatoms. The third kappa shape index (κ3) is 5.56. The van der Waals surface area contributed by atoms with Gasteiger partial charge in [-0.05, 0) is 43.2 Å². The number of nitrogens with zero attached hydrogens (tertiary/aromatic N) is 1. The van der Waals surface area contributed by atoms with E-state index in [-0.39, 0.29) is 24.5 Å². The van der Waals surface area contributed by atoms with Gasteiger partial charge in [-0.1, -0.05) is 24.3 Å². The summed E-state index contributed by atoms with van der Waals surface area (Å²) in [5, 5.41) is 5.74. The van der Waals surface area contributed by atoms with Crippen LogP contribution < -0.4 is 15.5 Å². The zero-order valence-electron chi connectivity index (χ0n) is 15.5. The zero-order chi connectivity index (χ0) is 19.1. The summed E-state index contributed by atoms with van der Waals surface area (Å²) < 4.78 is 5.51. The minimum absolute atomic E-state index is 0.102. The summed E-state index contributed by atoms with van der Waals surface area (Å²) in [4.78, 5) is 26.5. The predicted molar refractivity (Wildman–Crippen MR) is 106 cm³/mol. The van der Waals surface area contributed by atoms with Crippen LogP contribution in [0.5, 0.6) is 0 Å². The molecular weight excluding hydrogens is 342 g/mol. The molecule has 1 atom stereocenters. The minimum Gasteiger partial charge on any atom is -0.376 e. The van der Waals surface area contributed by atoms with Crippen molar-refractivity contribution in [2.24, 2.45) is 0 Å². The fraction of sp³-hybridized carbons (Fsp3) is 0.333. The molecule has 1 aliphatic heterocycles. The Kier molecular flexibility index (Phi) is 6.44. The molecule has 6 nitrogen and oxygen atoms in total. The zero-order valence-corrected chi connectivity index (χ0v) is 15.5. The first kappa shape index (κ1) is 18.9. The molecule has 3 rings (SSSR count). The van der Waals surface area contributed by atoms with Crippen molar-refractivity contribution >= 4 is 23.2 Å². The van der Waals surface area contributed by atoms with Gasteiger partial charge < -0.3 is 20.3 Å². The second kappa shape index (κ2) is 9.19. The van der Waals surface area contributed by atoms with Crippen LogP contribution in [0.2, 0.25) is 0 Å². The fourth-order valence-electron chi connectivity index (χ4n) is 3.04. The van der Waals surface area contributed by atoms with Crippen LogP contribution in [-0.4, -0.2) is 44.7 Å². The predicted octanol–water partition coefficient (Wildman–Crippen LogP) is 2.67. The Morgan fingerprint density at radius 2 is 1.96 bits per heavy atom. The van der Waals surface area contributed by atoms with Gasteiger partial charge in [0, 0.05) is 37.1 Å². The SMILES string of the molecule is CN(CC(=O)Nc1cccc(C(=O)NCC2CCCO2)c1)c1ccccc1. The second-order valence-corrected chi connectivity index (χ2v) is 6.67. The number of amides is 2. The van der Waals surface area contributed by atoms with Crippen molar-refractivity contribution in [1.82, 2.24) is 5.32 Å². The van der Waals surface area contributed by atoms with Gasteiger partial charge in [-0.25, -0.2) is 0 Å². The van der Waals surface area contributed by atoms with E-state index in [1.165, 1.54) is 0 Å². The lowest BCUT2D eigenvalue weighted by Gasteiger charge is -2.18. The van der Waals surface area contributed by atoms with Crippen LogP contribution in [-0.2, 0) is 9.53 Å². The van der Waals surface area contributed by atoms with E-state index in [4.69, 9.17) is 4.74 Å². The van der Waals surface area contributed by atoms with Crippen LogP contribution in [0.1, 0.15) is 23.2 Å². The van der Waals surface area contributed by atoms with E-state index in [0.29, 0.717) is 17.8 Å². The molecule has 2 amide bonds. The Morgan fingerprint density at radius 3 is 2.70 bits per heavy atom. The van der Waals surface area contributed by atoms with Crippen LogP contribution in [0.3, 0.4) is 0 Å². The molecule has 2 aromatic rings. The molecule has 2 N–H and O–H groups in total. The first-order chi connectivity index (χ1) is 13.1. The average Bonchev–Trinajstić information content (AvgIpc) is 3.20. The summed E-state index contributed by atoms with van der Waals surface area (Å²) in [6.45, 7) is 1.50. The number of nitrogens with one attached hydrogen (secondary N) is 2. The Bertz CT molecular complexity index is 773. The molecule has 2 aromatic carbocycles. The van der Waals surface area contributed by atoms with Crippen molar-refractivity contribution in [3.8, 4) is 0 Å². The van der Waals surface area contributed by atoms with Crippen LogP contribution in [0.25, 0.3) is 0 Å². The van der Waals surface area contributed by atoms with E-state index in [0.717, 1.165) is 25.1 Å². The van der Waals surface area contributed by atoms with Gasteiger partial charge in [-0.15, -0.1) is 0 Å². The van der Waals surface area contributed by atoms with E-state index in [2.05, 4.69) is 10.6 Å². The number of hydrogen-bond donors (Lipinski definition) is 2. The number of para-hydroxylation sites is 1. The van der Waals surface area contributed by atoms with E-state index in [1.807, 2.05) is 42.3 Å². The second-order valence-electron chi connectivity index (χ2n) is 6.67. The van der Waals surface area contributed by atoms with Gasteiger partial charge >= 0.3 is 0 Å². The molecule has 1 saturated heterocycles. The fourth-order valence-corrected chi connectivity index (χ4v) is 3.04. The topological polar surface area (TPSA) is 70.7 Å². The van der Waals surface area contributed by atoms with Gasteiger partial charge in [0.25, 0.3) is 5.91 Å². The average molecular weight is 367 g/mol. The lowest BCUT2D eigenvalue weighted by atomic mass is 10.1. The molecule has 0 radical (unpaired) electrons. The molecular formula is C21H25N3O3. The summed E-state index contributed by atoms with van der Waals surface area (Å²) in [6.07, 6.45) is 2.12. The smallest absolute Gasteiger partial charge is 0.251 e. The number of likely N-dealkylation sites (N-methyl/N-ethyl adjacent to an activating group) is 1. The molecule has 0 aromatic heterocycles. The molecule has 1 unspecified atom stereocenters. The number of ether oxygens (including phenoxy) is 1. The normalized spacial score (nSPS) is 16.0. The van der Waals surface area contributed by atoms with Crippen LogP contribution >= 0.6 is 0 Å². The Balaban J connectivity index is 1.53. The summed E-state index contributed by atoms with van der Waals surface area (Å²) >= 11 is 0. The standard InChI is InChI=1S/C21H25N3O3/c1-24(18-9-3-2-4-10-18)15-20(25)23-17-8-5-7-16(13-17)21(26)22-14-19-11-6-12-27-19/h2-5,7-10,13,19H,6,11-12,14-15H2,1H3,(H,22,26)(H,23,25). The van der Waals surface area contributed by atoms with Crippen molar-refractivity contribution in [1.29, 1.82) is 0 Å². The molecule has 1 fully saturated rings. The van der Waals surface area contributed by atoms with Crippen molar-refractivity contribution < 1.29 is 14.3 Å². The molecule has 27 heavy (non-hydrogen) atoms. The molecule has 0 bridgehead atoms. The minimum atomic E-state index is -0.164. The lowest BCUT2D eigenvalue weighted by molar-refractivity contribution is -0.114. The third-order valence-electron chi connectivity index (χ3n) is 4.50. The molecule has 1 heterocycles. The van der Waals surface area contributed by atoms with Crippen molar-refractivity contribution in [3.05, 3.63) is 60.2 Å². The van der Waals surface area contributed by atoms with Gasteiger partial charge in [0.05, 0.1) is 12.6 Å². The van der Waals surface area contributed by atoms with E-state index in [9.17, 15) is 9.59 Å². The summed E-state index contributed by atoms with van der Waals surface area (Å²) in [5.74, 6) is -0.304. The van der Waals surface area contributed by atoms with Crippen molar-refractivity contribution in [2.45, 2.75) is 18.9 Å². The highest BCUT2D eigenvalue weighted by atomic mass is 16.5.